The van der Waals surface area contributed by atoms with Crippen LogP contribution in [0.1, 0.15) is 16.1 Å². The molecule has 9 heteroatoms. The van der Waals surface area contributed by atoms with Gasteiger partial charge in [-0.25, -0.2) is 4.68 Å². The van der Waals surface area contributed by atoms with E-state index in [4.69, 9.17) is 11.6 Å². The van der Waals surface area contributed by atoms with Gasteiger partial charge in [-0.2, -0.15) is 9.36 Å². The minimum absolute atomic E-state index is 0.238. The van der Waals surface area contributed by atoms with Crippen LogP contribution in [0.3, 0.4) is 0 Å². The second-order valence-electron chi connectivity index (χ2n) is 5.66. The lowest BCUT2D eigenvalue weighted by atomic mass is 10.2. The molecule has 0 unspecified atom stereocenters. The first-order chi connectivity index (χ1) is 13.1. The molecule has 1 amide bonds. The molecule has 2 heterocycles. The van der Waals surface area contributed by atoms with Crippen molar-refractivity contribution in [3.8, 4) is 17.2 Å². The van der Waals surface area contributed by atoms with E-state index >= 15 is 0 Å². The SMILES string of the molecule is Cc1c(-c2nsc(NC(=O)c3ccccc3)n2)nnn1-c1cccc(Cl)c1. The van der Waals surface area contributed by atoms with Gasteiger partial charge in [-0.3, -0.25) is 10.1 Å². The Morgan fingerprint density at radius 1 is 1.15 bits per heavy atom. The molecule has 4 aromatic rings. The molecule has 7 nitrogen and oxygen atoms in total. The highest BCUT2D eigenvalue weighted by Crippen LogP contribution is 2.24. The summed E-state index contributed by atoms with van der Waals surface area (Å²) in [5, 5.41) is 12.1. The number of hydrogen-bond donors (Lipinski definition) is 1. The first-order valence-corrected chi connectivity index (χ1v) is 9.15. The van der Waals surface area contributed by atoms with Crippen molar-refractivity contribution in [3.05, 3.63) is 70.9 Å². The van der Waals surface area contributed by atoms with Gasteiger partial charge in [-0.05, 0) is 37.3 Å². The lowest BCUT2D eigenvalue weighted by Gasteiger charge is -2.03. The normalized spacial score (nSPS) is 10.7. The van der Waals surface area contributed by atoms with Gasteiger partial charge in [-0.15, -0.1) is 5.10 Å². The number of hydrogen-bond acceptors (Lipinski definition) is 6. The van der Waals surface area contributed by atoms with Gasteiger partial charge in [0.05, 0.1) is 11.4 Å². The summed E-state index contributed by atoms with van der Waals surface area (Å²) in [6.45, 7) is 1.87. The van der Waals surface area contributed by atoms with E-state index in [9.17, 15) is 4.79 Å². The van der Waals surface area contributed by atoms with E-state index in [2.05, 4.69) is 25.0 Å². The van der Waals surface area contributed by atoms with E-state index in [0.29, 0.717) is 27.2 Å². The Kier molecular flexibility index (Phi) is 4.66. The summed E-state index contributed by atoms with van der Waals surface area (Å²) in [6, 6.07) is 16.3. The molecule has 4 rings (SSSR count). The van der Waals surface area contributed by atoms with Gasteiger partial charge in [0.1, 0.15) is 0 Å². The molecule has 0 aliphatic carbocycles. The summed E-state index contributed by atoms with van der Waals surface area (Å²) in [5.74, 6) is 0.173. The van der Waals surface area contributed by atoms with Crippen LogP contribution in [-0.4, -0.2) is 30.3 Å². The van der Waals surface area contributed by atoms with Gasteiger partial charge in [-0.1, -0.05) is 41.1 Å². The summed E-state index contributed by atoms with van der Waals surface area (Å²) in [4.78, 5) is 16.6. The lowest BCUT2D eigenvalue weighted by molar-refractivity contribution is 0.102. The molecule has 0 aliphatic heterocycles. The number of amides is 1. The van der Waals surface area contributed by atoms with Gasteiger partial charge < -0.3 is 0 Å². The van der Waals surface area contributed by atoms with E-state index in [1.54, 1.807) is 41.1 Å². The van der Waals surface area contributed by atoms with Crippen LogP contribution < -0.4 is 5.32 Å². The molecule has 134 valence electrons. The van der Waals surface area contributed by atoms with Gasteiger partial charge in [0, 0.05) is 22.1 Å². The van der Waals surface area contributed by atoms with Crippen LogP contribution in [-0.2, 0) is 0 Å². The van der Waals surface area contributed by atoms with Crippen molar-refractivity contribution in [1.82, 2.24) is 24.4 Å². The average molecular weight is 397 g/mol. The summed E-state index contributed by atoms with van der Waals surface area (Å²) < 4.78 is 5.96. The maximum atomic E-state index is 12.2. The number of aromatic nitrogens is 5. The molecule has 0 fully saturated rings. The number of nitrogens with zero attached hydrogens (tertiary/aromatic N) is 5. The van der Waals surface area contributed by atoms with Crippen LogP contribution in [0.25, 0.3) is 17.2 Å². The van der Waals surface area contributed by atoms with Crippen molar-refractivity contribution in [2.24, 2.45) is 0 Å². The van der Waals surface area contributed by atoms with E-state index < -0.39 is 0 Å². The Morgan fingerprint density at radius 3 is 2.74 bits per heavy atom. The van der Waals surface area contributed by atoms with Crippen LogP contribution in [0.2, 0.25) is 5.02 Å². The molecule has 0 saturated carbocycles. The molecular weight excluding hydrogens is 384 g/mol. The standard InChI is InChI=1S/C18H13ClN6OS/c1-11-15(22-24-25(11)14-9-5-8-13(19)10-14)16-20-18(27-23-16)21-17(26)12-6-3-2-4-7-12/h2-10H,1H3,(H,20,21,23,26). The van der Waals surface area contributed by atoms with Crippen molar-refractivity contribution < 1.29 is 4.79 Å². The van der Waals surface area contributed by atoms with Gasteiger partial charge in [0.25, 0.3) is 5.91 Å². The largest absolute Gasteiger partial charge is 0.297 e. The highest BCUT2D eigenvalue weighted by Gasteiger charge is 2.18. The first kappa shape index (κ1) is 17.3. The Morgan fingerprint density at radius 2 is 1.96 bits per heavy atom. The predicted octanol–water partition coefficient (Wildman–Crippen LogP) is 4.00. The highest BCUT2D eigenvalue weighted by molar-refractivity contribution is 7.10. The number of anilines is 1. The third-order valence-corrected chi connectivity index (χ3v) is 4.71. The summed E-state index contributed by atoms with van der Waals surface area (Å²) in [6.07, 6.45) is 0. The Bertz CT molecular complexity index is 1110. The van der Waals surface area contributed by atoms with E-state index in [-0.39, 0.29) is 5.91 Å². The topological polar surface area (TPSA) is 85.6 Å². The highest BCUT2D eigenvalue weighted by atomic mass is 35.5. The Labute approximate surface area is 163 Å². The quantitative estimate of drug-likeness (QED) is 0.563. The maximum absolute atomic E-state index is 12.2. The molecule has 27 heavy (non-hydrogen) atoms. The second kappa shape index (κ2) is 7.26. The molecule has 0 radical (unpaired) electrons. The molecule has 0 saturated heterocycles. The third-order valence-electron chi connectivity index (χ3n) is 3.84. The van der Waals surface area contributed by atoms with Gasteiger partial charge >= 0.3 is 0 Å². The molecule has 2 aromatic carbocycles. The number of carbonyl (C=O) groups is 1. The summed E-state index contributed by atoms with van der Waals surface area (Å²) in [7, 11) is 0. The van der Waals surface area contributed by atoms with Crippen molar-refractivity contribution in [2.45, 2.75) is 6.92 Å². The maximum Gasteiger partial charge on any atom is 0.257 e. The smallest absolute Gasteiger partial charge is 0.257 e. The second-order valence-corrected chi connectivity index (χ2v) is 6.85. The number of halogens is 1. The van der Waals surface area contributed by atoms with Crippen LogP contribution in [0.4, 0.5) is 5.13 Å². The molecule has 0 aliphatic rings. The molecular formula is C18H13ClN6OS. The lowest BCUT2D eigenvalue weighted by Crippen LogP contribution is -2.11. The van der Waals surface area contributed by atoms with Crippen molar-refractivity contribution >= 4 is 34.2 Å². The third kappa shape index (κ3) is 3.57. The van der Waals surface area contributed by atoms with E-state index in [0.717, 1.165) is 22.9 Å². The van der Waals surface area contributed by atoms with Crippen LogP contribution in [0.15, 0.2) is 54.6 Å². The number of benzene rings is 2. The summed E-state index contributed by atoms with van der Waals surface area (Å²) in [5.41, 5.74) is 2.67. The molecule has 2 aromatic heterocycles. The zero-order valence-electron chi connectivity index (χ0n) is 14.1. The average Bonchev–Trinajstić information content (AvgIpc) is 3.28. The van der Waals surface area contributed by atoms with Crippen LogP contribution in [0, 0.1) is 6.92 Å². The Hall–Kier alpha value is -3.10. The van der Waals surface area contributed by atoms with Gasteiger partial charge in [0.2, 0.25) is 5.13 Å². The van der Waals surface area contributed by atoms with Crippen molar-refractivity contribution in [2.75, 3.05) is 5.32 Å². The van der Waals surface area contributed by atoms with E-state index in [1.165, 1.54) is 0 Å². The fraction of sp³-hybridized carbons (Fsp3) is 0.0556. The van der Waals surface area contributed by atoms with Crippen molar-refractivity contribution in [3.63, 3.8) is 0 Å². The fourth-order valence-electron chi connectivity index (χ4n) is 2.52. The molecule has 1 N–H and O–H groups in total. The summed E-state index contributed by atoms with van der Waals surface area (Å²) >= 11 is 7.14. The molecule has 0 spiro atoms. The zero-order valence-corrected chi connectivity index (χ0v) is 15.7. The van der Waals surface area contributed by atoms with E-state index in [1.807, 2.05) is 25.1 Å². The first-order valence-electron chi connectivity index (χ1n) is 8.00. The minimum Gasteiger partial charge on any atom is -0.297 e. The molecule has 0 atom stereocenters. The van der Waals surface area contributed by atoms with Gasteiger partial charge in [0.15, 0.2) is 11.5 Å². The number of nitrogens with one attached hydrogen (secondary N) is 1. The number of rotatable bonds is 4. The number of carbonyl (C=O) groups excluding carboxylic acids is 1. The predicted molar refractivity (Wildman–Crippen MR) is 104 cm³/mol. The monoisotopic (exact) mass is 396 g/mol. The molecule has 0 bridgehead atoms. The zero-order chi connectivity index (χ0) is 18.8. The van der Waals surface area contributed by atoms with Crippen LogP contribution in [0.5, 0.6) is 0 Å². The minimum atomic E-state index is -0.238. The van der Waals surface area contributed by atoms with Crippen molar-refractivity contribution in [1.29, 1.82) is 0 Å². The fourth-order valence-corrected chi connectivity index (χ4v) is 3.27. The van der Waals surface area contributed by atoms with Crippen LogP contribution >= 0.6 is 23.1 Å². The Balaban J connectivity index is 1.58.